The molecule has 2 aromatic rings. The molecule has 0 radical (unpaired) electrons. The van der Waals surface area contributed by atoms with Crippen molar-refractivity contribution >= 4 is 35.1 Å². The molecule has 2 saturated heterocycles. The molecule has 170 valence electrons. The third-order valence-electron chi connectivity index (χ3n) is 5.93. The molecule has 2 aromatic carbocycles. The average Bonchev–Trinajstić information content (AvgIpc) is 3.25. The first-order chi connectivity index (χ1) is 15.4. The molecule has 3 amide bonds. The van der Waals surface area contributed by atoms with Crippen molar-refractivity contribution in [2.75, 3.05) is 33.3 Å². The summed E-state index contributed by atoms with van der Waals surface area (Å²) in [6.07, 6.45) is -0.0196. The standard InChI is InChI=1S/C23H26Cl2N4O3/c1-26-22(30)17-4-2-3-15(9-17)11-27-23(31)29-13-20-21(14-29)32-8-7-28(20)12-16-5-6-18(24)19(25)10-16/h2-6,9-10,20-21H,7-8,11-14H2,1H3,(H,26,30)(H,27,31). The number of ether oxygens (including phenoxy) is 1. The quantitative estimate of drug-likeness (QED) is 0.694. The maximum atomic E-state index is 12.8. The molecule has 2 N–H and O–H groups in total. The van der Waals surface area contributed by atoms with Crippen molar-refractivity contribution in [3.8, 4) is 0 Å². The van der Waals surface area contributed by atoms with Gasteiger partial charge in [-0.1, -0.05) is 41.4 Å². The second-order valence-corrected chi connectivity index (χ2v) is 8.85. The van der Waals surface area contributed by atoms with Gasteiger partial charge in [-0.05, 0) is 35.4 Å². The van der Waals surface area contributed by atoms with Crippen molar-refractivity contribution in [1.82, 2.24) is 20.4 Å². The summed E-state index contributed by atoms with van der Waals surface area (Å²) in [5, 5.41) is 6.65. The zero-order valence-electron chi connectivity index (χ0n) is 17.8. The summed E-state index contributed by atoms with van der Waals surface area (Å²) in [5.41, 5.74) is 2.52. The van der Waals surface area contributed by atoms with E-state index in [0.29, 0.717) is 41.8 Å². The van der Waals surface area contributed by atoms with Crippen LogP contribution in [0, 0.1) is 0 Å². The van der Waals surface area contributed by atoms with Gasteiger partial charge in [0.1, 0.15) is 0 Å². The lowest BCUT2D eigenvalue weighted by Crippen LogP contribution is -2.50. The molecule has 2 fully saturated rings. The number of benzene rings is 2. The maximum absolute atomic E-state index is 12.8. The fraction of sp³-hybridized carbons (Fsp3) is 0.391. The second kappa shape index (κ2) is 10.1. The van der Waals surface area contributed by atoms with Crippen LogP contribution in [-0.4, -0.2) is 67.2 Å². The molecule has 2 heterocycles. The van der Waals surface area contributed by atoms with Crippen LogP contribution in [0.2, 0.25) is 10.0 Å². The highest BCUT2D eigenvalue weighted by Gasteiger charge is 2.41. The Morgan fingerprint density at radius 3 is 2.72 bits per heavy atom. The smallest absolute Gasteiger partial charge is 0.317 e. The Kier molecular flexibility index (Phi) is 7.20. The van der Waals surface area contributed by atoms with Crippen molar-refractivity contribution in [3.63, 3.8) is 0 Å². The monoisotopic (exact) mass is 476 g/mol. The first-order valence-corrected chi connectivity index (χ1v) is 11.3. The molecule has 7 nitrogen and oxygen atoms in total. The number of nitrogens with zero attached hydrogens (tertiary/aromatic N) is 2. The number of urea groups is 1. The van der Waals surface area contributed by atoms with E-state index in [1.165, 1.54) is 0 Å². The number of hydrogen-bond acceptors (Lipinski definition) is 4. The summed E-state index contributed by atoms with van der Waals surface area (Å²) >= 11 is 12.2. The normalized spacial score (nSPS) is 20.7. The first kappa shape index (κ1) is 22.9. The zero-order valence-corrected chi connectivity index (χ0v) is 19.3. The summed E-state index contributed by atoms with van der Waals surface area (Å²) < 4.78 is 5.96. The summed E-state index contributed by atoms with van der Waals surface area (Å²) in [7, 11) is 1.59. The largest absolute Gasteiger partial charge is 0.373 e. The van der Waals surface area contributed by atoms with Crippen LogP contribution >= 0.6 is 23.2 Å². The minimum atomic E-state index is -0.152. The van der Waals surface area contributed by atoms with E-state index < -0.39 is 0 Å². The maximum Gasteiger partial charge on any atom is 0.317 e. The molecular weight excluding hydrogens is 451 g/mol. The molecule has 0 spiro atoms. The fourth-order valence-corrected chi connectivity index (χ4v) is 4.57. The highest BCUT2D eigenvalue weighted by atomic mass is 35.5. The fourth-order valence-electron chi connectivity index (χ4n) is 4.25. The van der Waals surface area contributed by atoms with Gasteiger partial charge in [-0.3, -0.25) is 9.69 Å². The van der Waals surface area contributed by atoms with E-state index in [0.717, 1.165) is 24.2 Å². The van der Waals surface area contributed by atoms with E-state index in [4.69, 9.17) is 27.9 Å². The van der Waals surface area contributed by atoms with Crippen LogP contribution in [-0.2, 0) is 17.8 Å². The molecular formula is C23H26Cl2N4O3. The lowest BCUT2D eigenvalue weighted by Gasteiger charge is -2.36. The van der Waals surface area contributed by atoms with E-state index in [-0.39, 0.29) is 24.1 Å². The Hall–Kier alpha value is -2.32. The predicted molar refractivity (Wildman–Crippen MR) is 124 cm³/mol. The second-order valence-electron chi connectivity index (χ2n) is 8.04. The SMILES string of the molecule is CNC(=O)c1cccc(CNC(=O)N2CC3OCCN(Cc4ccc(Cl)c(Cl)c4)C3C2)c1. The van der Waals surface area contributed by atoms with E-state index in [9.17, 15) is 9.59 Å². The molecule has 4 rings (SSSR count). The molecule has 32 heavy (non-hydrogen) atoms. The number of hydrogen-bond donors (Lipinski definition) is 2. The van der Waals surface area contributed by atoms with Gasteiger partial charge in [-0.15, -0.1) is 0 Å². The molecule has 2 aliphatic heterocycles. The number of carbonyl (C=O) groups is 2. The van der Waals surface area contributed by atoms with Gasteiger partial charge in [-0.25, -0.2) is 4.79 Å². The van der Waals surface area contributed by atoms with Gasteiger partial charge in [0.05, 0.1) is 35.3 Å². The molecule has 0 saturated carbocycles. The number of fused-ring (bicyclic) bond motifs is 1. The Labute approximate surface area is 197 Å². The van der Waals surface area contributed by atoms with Crippen LogP contribution in [0.1, 0.15) is 21.5 Å². The first-order valence-electron chi connectivity index (χ1n) is 10.6. The Bertz CT molecular complexity index is 1000. The summed E-state index contributed by atoms with van der Waals surface area (Å²) in [6, 6.07) is 12.9. The van der Waals surface area contributed by atoms with Gasteiger partial charge >= 0.3 is 6.03 Å². The van der Waals surface area contributed by atoms with Crippen LogP contribution in [0.4, 0.5) is 4.79 Å². The van der Waals surface area contributed by atoms with Crippen LogP contribution in [0.3, 0.4) is 0 Å². The van der Waals surface area contributed by atoms with E-state index in [1.807, 2.05) is 30.3 Å². The molecule has 0 aromatic heterocycles. The predicted octanol–water partition coefficient (Wildman–Crippen LogP) is 3.15. The number of nitrogens with one attached hydrogen (secondary N) is 2. The average molecular weight is 477 g/mol. The van der Waals surface area contributed by atoms with Crippen molar-refractivity contribution in [2.45, 2.75) is 25.2 Å². The molecule has 0 bridgehead atoms. The number of likely N-dealkylation sites (tertiary alicyclic amines) is 1. The number of carbonyl (C=O) groups excluding carboxylic acids is 2. The molecule has 0 aliphatic carbocycles. The van der Waals surface area contributed by atoms with Crippen molar-refractivity contribution in [2.24, 2.45) is 0 Å². The highest BCUT2D eigenvalue weighted by Crippen LogP contribution is 2.27. The van der Waals surface area contributed by atoms with Crippen LogP contribution in [0.15, 0.2) is 42.5 Å². The van der Waals surface area contributed by atoms with E-state index in [2.05, 4.69) is 15.5 Å². The van der Waals surface area contributed by atoms with Crippen LogP contribution in [0.25, 0.3) is 0 Å². The number of morpholine rings is 1. The summed E-state index contributed by atoms with van der Waals surface area (Å²) in [5.74, 6) is -0.152. The minimum absolute atomic E-state index is 0.0196. The lowest BCUT2D eigenvalue weighted by atomic mass is 10.1. The summed E-state index contributed by atoms with van der Waals surface area (Å²) in [6.45, 7) is 3.64. The van der Waals surface area contributed by atoms with Crippen LogP contribution < -0.4 is 10.6 Å². The molecule has 2 unspecified atom stereocenters. The van der Waals surface area contributed by atoms with E-state index >= 15 is 0 Å². The number of rotatable bonds is 5. The van der Waals surface area contributed by atoms with Gasteiger partial charge in [0.15, 0.2) is 0 Å². The third kappa shape index (κ3) is 5.18. The minimum Gasteiger partial charge on any atom is -0.373 e. The van der Waals surface area contributed by atoms with Crippen molar-refractivity contribution in [3.05, 3.63) is 69.2 Å². The van der Waals surface area contributed by atoms with E-state index in [1.54, 1.807) is 24.1 Å². The van der Waals surface area contributed by atoms with Gasteiger partial charge < -0.3 is 20.3 Å². The Morgan fingerprint density at radius 1 is 1.09 bits per heavy atom. The zero-order chi connectivity index (χ0) is 22.7. The molecule has 2 aliphatic rings. The third-order valence-corrected chi connectivity index (χ3v) is 6.67. The van der Waals surface area contributed by atoms with Gasteiger partial charge in [0.25, 0.3) is 5.91 Å². The number of halogens is 2. The van der Waals surface area contributed by atoms with Gasteiger partial charge in [0.2, 0.25) is 0 Å². The molecule has 9 heteroatoms. The van der Waals surface area contributed by atoms with Crippen molar-refractivity contribution < 1.29 is 14.3 Å². The van der Waals surface area contributed by atoms with Gasteiger partial charge in [0, 0.05) is 38.8 Å². The summed E-state index contributed by atoms with van der Waals surface area (Å²) in [4.78, 5) is 28.8. The van der Waals surface area contributed by atoms with Crippen molar-refractivity contribution in [1.29, 1.82) is 0 Å². The number of amides is 3. The highest BCUT2D eigenvalue weighted by molar-refractivity contribution is 6.42. The Balaban J connectivity index is 1.35. The Morgan fingerprint density at radius 2 is 1.94 bits per heavy atom. The lowest BCUT2D eigenvalue weighted by molar-refractivity contribution is -0.0503. The topological polar surface area (TPSA) is 73.9 Å². The molecule has 2 atom stereocenters. The van der Waals surface area contributed by atoms with Gasteiger partial charge in [-0.2, -0.15) is 0 Å². The van der Waals surface area contributed by atoms with Crippen LogP contribution in [0.5, 0.6) is 0 Å².